The number of likely N-dealkylation sites (N-methyl/N-ethyl adjacent to an activating group) is 1. The van der Waals surface area contributed by atoms with E-state index in [2.05, 4.69) is 29.9 Å². The molecule has 0 bridgehead atoms. The molecule has 30 heavy (non-hydrogen) atoms. The highest BCUT2D eigenvalue weighted by atomic mass is 16.2. The summed E-state index contributed by atoms with van der Waals surface area (Å²) in [5, 5.41) is 0.560. The van der Waals surface area contributed by atoms with Crippen molar-refractivity contribution in [1.82, 2.24) is 19.4 Å². The van der Waals surface area contributed by atoms with Crippen molar-refractivity contribution < 1.29 is 4.79 Å². The molecule has 0 fully saturated rings. The van der Waals surface area contributed by atoms with Gasteiger partial charge in [-0.2, -0.15) is 0 Å². The molecule has 0 radical (unpaired) electrons. The molecule has 0 saturated heterocycles. The number of carbonyl (C=O) groups excluding carboxylic acids is 1. The highest BCUT2D eigenvalue weighted by Gasteiger charge is 2.08. The highest BCUT2D eigenvalue weighted by Crippen LogP contribution is 2.17. The van der Waals surface area contributed by atoms with E-state index in [0.717, 1.165) is 24.8 Å². The lowest BCUT2D eigenvalue weighted by atomic mass is 10.0. The van der Waals surface area contributed by atoms with Gasteiger partial charge in [-0.05, 0) is 54.5 Å². The summed E-state index contributed by atoms with van der Waals surface area (Å²) < 4.78 is 1.36. The molecule has 0 spiro atoms. The van der Waals surface area contributed by atoms with Crippen molar-refractivity contribution in [3.05, 3.63) is 76.6 Å². The summed E-state index contributed by atoms with van der Waals surface area (Å²) in [4.78, 5) is 35.3. The molecule has 2 aromatic heterocycles. The van der Waals surface area contributed by atoms with E-state index in [0.29, 0.717) is 23.4 Å². The zero-order valence-electron chi connectivity index (χ0n) is 17.8. The van der Waals surface area contributed by atoms with Gasteiger partial charge in [-0.25, -0.2) is 4.98 Å². The fraction of sp³-hybridized carbons (Fsp3) is 0.333. The Morgan fingerprint density at radius 1 is 1.23 bits per heavy atom. The summed E-state index contributed by atoms with van der Waals surface area (Å²) >= 11 is 0. The molecule has 1 amide bonds. The third-order valence-corrected chi connectivity index (χ3v) is 5.16. The molecular formula is C24H28N4O2. The van der Waals surface area contributed by atoms with Crippen LogP contribution < -0.4 is 5.56 Å². The zero-order chi connectivity index (χ0) is 21.5. The van der Waals surface area contributed by atoms with Gasteiger partial charge in [0.25, 0.3) is 5.56 Å². The van der Waals surface area contributed by atoms with Gasteiger partial charge in [0.1, 0.15) is 6.33 Å². The number of carbonyl (C=O) groups is 1. The lowest BCUT2D eigenvalue weighted by Crippen LogP contribution is -2.26. The smallest absolute Gasteiger partial charge is 0.265 e. The van der Waals surface area contributed by atoms with Crippen LogP contribution in [0.1, 0.15) is 43.7 Å². The summed E-state index contributed by atoms with van der Waals surface area (Å²) in [6.07, 6.45) is 10.8. The predicted molar refractivity (Wildman–Crippen MR) is 120 cm³/mol. The minimum absolute atomic E-state index is 0.140. The van der Waals surface area contributed by atoms with Crippen molar-refractivity contribution in [1.29, 1.82) is 0 Å². The number of fused-ring (bicyclic) bond motifs is 1. The number of hydrogen-bond donors (Lipinski definition) is 0. The molecule has 2 heterocycles. The van der Waals surface area contributed by atoms with Gasteiger partial charge >= 0.3 is 0 Å². The van der Waals surface area contributed by atoms with Crippen LogP contribution in [0.2, 0.25) is 0 Å². The van der Waals surface area contributed by atoms with Gasteiger partial charge in [-0.1, -0.05) is 26.0 Å². The van der Waals surface area contributed by atoms with Crippen LogP contribution in [0.4, 0.5) is 0 Å². The van der Waals surface area contributed by atoms with E-state index in [-0.39, 0.29) is 11.5 Å². The monoisotopic (exact) mass is 404 g/mol. The number of nitrogens with zero attached hydrogens (tertiary/aromatic N) is 4. The van der Waals surface area contributed by atoms with E-state index in [1.807, 2.05) is 30.5 Å². The molecule has 0 aliphatic heterocycles. The van der Waals surface area contributed by atoms with E-state index in [1.165, 1.54) is 28.7 Å². The van der Waals surface area contributed by atoms with Gasteiger partial charge in [-0.3, -0.25) is 19.1 Å². The van der Waals surface area contributed by atoms with Crippen LogP contribution in [0.5, 0.6) is 0 Å². The molecule has 0 aliphatic rings. The van der Waals surface area contributed by atoms with Gasteiger partial charge in [0.05, 0.1) is 10.9 Å². The molecule has 6 heteroatoms. The van der Waals surface area contributed by atoms with E-state index in [9.17, 15) is 9.59 Å². The number of hydrogen-bond acceptors (Lipinski definition) is 4. The average molecular weight is 405 g/mol. The van der Waals surface area contributed by atoms with E-state index < -0.39 is 0 Å². The topological polar surface area (TPSA) is 68.1 Å². The first-order valence-corrected chi connectivity index (χ1v) is 10.3. The van der Waals surface area contributed by atoms with Crippen molar-refractivity contribution in [3.8, 4) is 0 Å². The highest BCUT2D eigenvalue weighted by molar-refractivity contribution is 5.90. The molecule has 3 aromatic rings. The first-order valence-electron chi connectivity index (χ1n) is 10.3. The van der Waals surface area contributed by atoms with Gasteiger partial charge in [-0.15, -0.1) is 0 Å². The molecule has 1 aromatic carbocycles. The predicted octanol–water partition coefficient (Wildman–Crippen LogP) is 3.87. The summed E-state index contributed by atoms with van der Waals surface area (Å²) in [5.74, 6) is 0.186. The van der Waals surface area contributed by atoms with Gasteiger partial charge < -0.3 is 4.90 Å². The maximum Gasteiger partial charge on any atom is 0.265 e. The fourth-order valence-electron chi connectivity index (χ4n) is 3.22. The summed E-state index contributed by atoms with van der Waals surface area (Å²) in [7, 11) is 1.77. The Balaban J connectivity index is 1.60. The quantitative estimate of drug-likeness (QED) is 0.422. The van der Waals surface area contributed by atoms with Crippen molar-refractivity contribution in [2.24, 2.45) is 0 Å². The minimum atomic E-state index is -0.175. The van der Waals surface area contributed by atoms with Gasteiger partial charge in [0, 0.05) is 38.3 Å². The Labute approximate surface area is 176 Å². The average Bonchev–Trinajstić information content (AvgIpc) is 2.76. The number of aromatic nitrogens is 3. The van der Waals surface area contributed by atoms with Crippen LogP contribution in [0, 0.1) is 0 Å². The second-order valence-electron chi connectivity index (χ2n) is 7.78. The van der Waals surface area contributed by atoms with Gasteiger partial charge in [0.15, 0.2) is 0 Å². The van der Waals surface area contributed by atoms with Crippen molar-refractivity contribution in [3.63, 3.8) is 0 Å². The normalized spacial score (nSPS) is 11.5. The van der Waals surface area contributed by atoms with Crippen LogP contribution in [0.25, 0.3) is 17.1 Å². The second-order valence-corrected chi connectivity index (χ2v) is 7.78. The molecule has 156 valence electrons. The van der Waals surface area contributed by atoms with Gasteiger partial charge in [0.2, 0.25) is 5.91 Å². The number of aryl methyl sites for hydroxylation is 1. The van der Waals surface area contributed by atoms with Crippen molar-refractivity contribution >= 4 is 23.0 Å². The Morgan fingerprint density at radius 3 is 2.80 bits per heavy atom. The summed E-state index contributed by atoms with van der Waals surface area (Å²) in [5.41, 5.74) is 2.78. The third-order valence-electron chi connectivity index (χ3n) is 5.16. The Hall–Kier alpha value is -3.28. The molecule has 0 saturated carbocycles. The summed E-state index contributed by atoms with van der Waals surface area (Å²) in [6.45, 7) is 4.83. The van der Waals surface area contributed by atoms with Crippen LogP contribution in [-0.2, 0) is 11.2 Å². The van der Waals surface area contributed by atoms with Crippen LogP contribution in [0.3, 0.4) is 0 Å². The lowest BCUT2D eigenvalue weighted by molar-refractivity contribution is -0.124. The zero-order valence-corrected chi connectivity index (χ0v) is 17.8. The second kappa shape index (κ2) is 9.96. The van der Waals surface area contributed by atoms with Crippen LogP contribution in [-0.4, -0.2) is 38.9 Å². The maximum absolute atomic E-state index is 12.8. The third kappa shape index (κ3) is 5.41. The molecule has 3 rings (SSSR count). The molecule has 0 unspecified atom stereocenters. The first-order chi connectivity index (χ1) is 14.5. The molecule has 0 atom stereocenters. The summed E-state index contributed by atoms with van der Waals surface area (Å²) in [6, 6.07) is 9.74. The van der Waals surface area contributed by atoms with Crippen LogP contribution >= 0.6 is 0 Å². The first kappa shape index (κ1) is 21.4. The standard InChI is InChI=1S/C24H28N4O2/c1-18(2)20-9-10-22-21(15-20)24(30)28(17-26-22)14-11-23(29)27(3)13-5-4-7-19-8-6-12-25-16-19/h6,8-12,14-18H,4-5,7,13H2,1-3H3/b14-11+. The fourth-order valence-corrected chi connectivity index (χ4v) is 3.22. The molecular weight excluding hydrogens is 376 g/mol. The van der Waals surface area contributed by atoms with E-state index in [4.69, 9.17) is 0 Å². The minimum Gasteiger partial charge on any atom is -0.342 e. The van der Waals surface area contributed by atoms with E-state index >= 15 is 0 Å². The van der Waals surface area contributed by atoms with E-state index in [1.54, 1.807) is 18.1 Å². The lowest BCUT2D eigenvalue weighted by Gasteiger charge is -2.14. The number of unbranched alkanes of at least 4 members (excludes halogenated alkanes) is 1. The SMILES string of the molecule is CC(C)c1ccc2ncn(/C=C/C(=O)N(C)CCCCc3cccnc3)c(=O)c2c1. The number of benzene rings is 1. The van der Waals surface area contributed by atoms with Crippen LogP contribution in [0.15, 0.2) is 59.9 Å². The van der Waals surface area contributed by atoms with Crippen molar-refractivity contribution in [2.75, 3.05) is 13.6 Å². The Morgan fingerprint density at radius 2 is 2.07 bits per heavy atom. The largest absolute Gasteiger partial charge is 0.342 e. The Kier molecular flexibility index (Phi) is 7.12. The number of pyridine rings is 1. The molecule has 0 N–H and O–H groups in total. The number of rotatable bonds is 8. The Bertz CT molecular complexity index is 1090. The van der Waals surface area contributed by atoms with Crippen molar-refractivity contribution in [2.45, 2.75) is 39.0 Å². The number of amides is 1. The molecule has 6 nitrogen and oxygen atoms in total. The molecule has 0 aliphatic carbocycles. The maximum atomic E-state index is 12.8.